The van der Waals surface area contributed by atoms with E-state index in [-0.39, 0.29) is 6.03 Å². The quantitative estimate of drug-likeness (QED) is 0.770. The molecule has 24 heavy (non-hydrogen) atoms. The van der Waals surface area contributed by atoms with Gasteiger partial charge in [0.05, 0.1) is 19.0 Å². The maximum atomic E-state index is 11.6. The molecule has 0 radical (unpaired) electrons. The zero-order chi connectivity index (χ0) is 16.9. The van der Waals surface area contributed by atoms with E-state index >= 15 is 0 Å². The second kappa shape index (κ2) is 6.91. The van der Waals surface area contributed by atoms with E-state index in [2.05, 4.69) is 25.6 Å². The van der Waals surface area contributed by atoms with Crippen LogP contribution >= 0.6 is 0 Å². The molecule has 7 nitrogen and oxygen atoms in total. The SMILES string of the molecule is CCNC(=O)Nc1cnc2ccc(-c3ccc(OC)cc3)nc2n1. The maximum Gasteiger partial charge on any atom is 0.320 e. The Bertz CT molecular complexity index is 864. The molecule has 0 aliphatic heterocycles. The Balaban J connectivity index is 1.91. The van der Waals surface area contributed by atoms with Crippen molar-refractivity contribution in [3.8, 4) is 17.0 Å². The van der Waals surface area contributed by atoms with E-state index < -0.39 is 0 Å². The number of hydrogen-bond acceptors (Lipinski definition) is 5. The number of carbonyl (C=O) groups excluding carboxylic acids is 1. The number of urea groups is 1. The molecule has 0 aliphatic carbocycles. The van der Waals surface area contributed by atoms with Crippen molar-refractivity contribution in [2.24, 2.45) is 0 Å². The summed E-state index contributed by atoms with van der Waals surface area (Å²) in [6.45, 7) is 2.38. The lowest BCUT2D eigenvalue weighted by Crippen LogP contribution is -2.28. The molecule has 2 amide bonds. The van der Waals surface area contributed by atoms with Crippen LogP contribution in [0.25, 0.3) is 22.4 Å². The molecule has 0 saturated heterocycles. The van der Waals surface area contributed by atoms with Crippen molar-refractivity contribution in [1.82, 2.24) is 20.3 Å². The molecule has 0 unspecified atom stereocenters. The van der Waals surface area contributed by atoms with Gasteiger partial charge in [-0.25, -0.2) is 19.7 Å². The van der Waals surface area contributed by atoms with E-state index in [1.807, 2.05) is 43.3 Å². The number of anilines is 1. The van der Waals surface area contributed by atoms with Crippen molar-refractivity contribution in [2.45, 2.75) is 6.92 Å². The van der Waals surface area contributed by atoms with Crippen molar-refractivity contribution < 1.29 is 9.53 Å². The molecular weight excluding hydrogens is 306 g/mol. The summed E-state index contributed by atoms with van der Waals surface area (Å²) < 4.78 is 5.16. The highest BCUT2D eigenvalue weighted by Crippen LogP contribution is 2.22. The average molecular weight is 323 g/mol. The molecule has 0 spiro atoms. The van der Waals surface area contributed by atoms with E-state index in [1.165, 1.54) is 6.20 Å². The second-order valence-corrected chi connectivity index (χ2v) is 5.01. The molecule has 2 aromatic heterocycles. The summed E-state index contributed by atoms with van der Waals surface area (Å²) in [6.07, 6.45) is 1.51. The van der Waals surface area contributed by atoms with Crippen molar-refractivity contribution >= 4 is 23.0 Å². The van der Waals surface area contributed by atoms with Gasteiger partial charge in [0.1, 0.15) is 11.3 Å². The van der Waals surface area contributed by atoms with Crippen LogP contribution in [0.4, 0.5) is 10.6 Å². The van der Waals surface area contributed by atoms with E-state index in [4.69, 9.17) is 4.74 Å². The third kappa shape index (κ3) is 3.40. The van der Waals surface area contributed by atoms with Crippen LogP contribution < -0.4 is 15.4 Å². The number of nitrogens with one attached hydrogen (secondary N) is 2. The molecule has 0 saturated carbocycles. The standard InChI is InChI=1S/C17H17N5O2/c1-3-18-17(23)22-15-10-19-14-9-8-13(20-16(14)21-15)11-4-6-12(24-2)7-5-11/h4-10H,3H2,1-2H3,(H2,18,20,21,22,23). The first-order valence-corrected chi connectivity index (χ1v) is 7.52. The molecule has 0 atom stereocenters. The van der Waals surface area contributed by atoms with Gasteiger partial charge in [0.15, 0.2) is 11.5 Å². The minimum absolute atomic E-state index is 0.322. The van der Waals surface area contributed by atoms with E-state index in [9.17, 15) is 4.79 Å². The Hall–Kier alpha value is -3.22. The second-order valence-electron chi connectivity index (χ2n) is 5.01. The Morgan fingerprint density at radius 3 is 2.62 bits per heavy atom. The van der Waals surface area contributed by atoms with Crippen LogP contribution in [-0.2, 0) is 0 Å². The number of hydrogen-bond donors (Lipinski definition) is 2. The maximum absolute atomic E-state index is 11.6. The van der Waals surface area contributed by atoms with Crippen molar-refractivity contribution in [2.75, 3.05) is 19.0 Å². The summed E-state index contributed by atoms with van der Waals surface area (Å²) in [5, 5.41) is 5.27. The van der Waals surface area contributed by atoms with Gasteiger partial charge in [-0.3, -0.25) is 5.32 Å². The van der Waals surface area contributed by atoms with Gasteiger partial charge in [-0.15, -0.1) is 0 Å². The van der Waals surface area contributed by atoms with E-state index in [0.29, 0.717) is 23.5 Å². The van der Waals surface area contributed by atoms with Gasteiger partial charge in [0, 0.05) is 12.1 Å². The van der Waals surface area contributed by atoms with Crippen molar-refractivity contribution in [1.29, 1.82) is 0 Å². The Kier molecular flexibility index (Phi) is 4.51. The fourth-order valence-electron chi connectivity index (χ4n) is 2.20. The molecule has 122 valence electrons. The number of nitrogens with zero attached hydrogens (tertiary/aromatic N) is 3. The van der Waals surface area contributed by atoms with Gasteiger partial charge in [-0.05, 0) is 43.3 Å². The summed E-state index contributed by atoms with van der Waals surface area (Å²) >= 11 is 0. The van der Waals surface area contributed by atoms with Crippen LogP contribution in [0.1, 0.15) is 6.92 Å². The van der Waals surface area contributed by atoms with Gasteiger partial charge in [0.25, 0.3) is 0 Å². The summed E-state index contributed by atoms with van der Waals surface area (Å²) in [5.74, 6) is 1.14. The number of carbonyl (C=O) groups is 1. The topological polar surface area (TPSA) is 89.0 Å². The third-order valence-corrected chi connectivity index (χ3v) is 3.37. The molecule has 0 aliphatic rings. The minimum atomic E-state index is -0.322. The lowest BCUT2D eigenvalue weighted by atomic mass is 10.1. The zero-order valence-corrected chi connectivity index (χ0v) is 13.4. The number of methoxy groups -OCH3 is 1. The summed E-state index contributed by atoms with van der Waals surface area (Å²) in [4.78, 5) is 24.7. The molecular formula is C17H17N5O2. The van der Waals surface area contributed by atoms with Gasteiger partial charge >= 0.3 is 6.03 Å². The number of fused-ring (bicyclic) bond motifs is 1. The Morgan fingerprint density at radius 1 is 1.12 bits per heavy atom. The first-order chi connectivity index (χ1) is 11.7. The first kappa shape index (κ1) is 15.7. The normalized spacial score (nSPS) is 10.4. The fraction of sp³-hybridized carbons (Fsp3) is 0.176. The van der Waals surface area contributed by atoms with Gasteiger partial charge < -0.3 is 10.1 Å². The lowest BCUT2D eigenvalue weighted by Gasteiger charge is -2.07. The molecule has 1 aromatic carbocycles. The number of ether oxygens (including phenoxy) is 1. The highest BCUT2D eigenvalue weighted by atomic mass is 16.5. The molecule has 3 aromatic rings. The summed E-state index contributed by atoms with van der Waals surface area (Å²) in [5.41, 5.74) is 2.85. The van der Waals surface area contributed by atoms with Crippen LogP contribution in [0.5, 0.6) is 5.75 Å². The molecule has 2 heterocycles. The number of amides is 2. The highest BCUT2D eigenvalue weighted by molar-refractivity contribution is 5.89. The number of aromatic nitrogens is 3. The van der Waals surface area contributed by atoms with E-state index in [1.54, 1.807) is 7.11 Å². The number of rotatable bonds is 4. The number of pyridine rings is 1. The predicted molar refractivity (Wildman–Crippen MR) is 92.0 cm³/mol. The van der Waals surface area contributed by atoms with Crippen LogP contribution in [0.2, 0.25) is 0 Å². The first-order valence-electron chi connectivity index (χ1n) is 7.52. The monoisotopic (exact) mass is 323 g/mol. The Labute approximate surface area is 139 Å². The summed E-state index contributed by atoms with van der Waals surface area (Å²) in [7, 11) is 1.63. The van der Waals surface area contributed by atoms with Gasteiger partial charge in [-0.2, -0.15) is 0 Å². The highest BCUT2D eigenvalue weighted by Gasteiger charge is 2.07. The zero-order valence-electron chi connectivity index (χ0n) is 13.4. The van der Waals surface area contributed by atoms with Crippen LogP contribution in [-0.4, -0.2) is 34.6 Å². The Morgan fingerprint density at radius 2 is 1.92 bits per heavy atom. The predicted octanol–water partition coefficient (Wildman–Crippen LogP) is 2.84. The summed E-state index contributed by atoms with van der Waals surface area (Å²) in [6, 6.07) is 11.0. The molecule has 2 N–H and O–H groups in total. The van der Waals surface area contributed by atoms with E-state index in [0.717, 1.165) is 17.0 Å². The molecule has 0 bridgehead atoms. The van der Waals surface area contributed by atoms with Crippen molar-refractivity contribution in [3.63, 3.8) is 0 Å². The van der Waals surface area contributed by atoms with Crippen LogP contribution in [0.15, 0.2) is 42.6 Å². The van der Waals surface area contributed by atoms with Crippen LogP contribution in [0, 0.1) is 0 Å². The van der Waals surface area contributed by atoms with Crippen molar-refractivity contribution in [3.05, 3.63) is 42.6 Å². The van der Waals surface area contributed by atoms with Crippen LogP contribution in [0.3, 0.4) is 0 Å². The molecule has 7 heteroatoms. The average Bonchev–Trinajstić information content (AvgIpc) is 2.61. The van der Waals surface area contributed by atoms with Gasteiger partial charge in [-0.1, -0.05) is 0 Å². The molecule has 0 fully saturated rings. The third-order valence-electron chi connectivity index (χ3n) is 3.37. The lowest BCUT2D eigenvalue weighted by molar-refractivity contribution is 0.252. The fourth-order valence-corrected chi connectivity index (χ4v) is 2.20. The minimum Gasteiger partial charge on any atom is -0.497 e. The smallest absolute Gasteiger partial charge is 0.320 e. The molecule has 3 rings (SSSR count). The largest absolute Gasteiger partial charge is 0.497 e. The van der Waals surface area contributed by atoms with Gasteiger partial charge in [0.2, 0.25) is 0 Å². The number of benzene rings is 1.